The van der Waals surface area contributed by atoms with Crippen LogP contribution < -0.4 is 5.32 Å². The number of rotatable bonds is 6. The Morgan fingerprint density at radius 3 is 2.84 bits per heavy atom. The number of hydrogen-bond donors (Lipinski definition) is 2. The van der Waals surface area contributed by atoms with Gasteiger partial charge in [-0.25, -0.2) is 9.97 Å². The first-order chi connectivity index (χ1) is 9.20. The third kappa shape index (κ3) is 3.54. The molecule has 2 aromatic rings. The Morgan fingerprint density at radius 1 is 1.37 bits per heavy atom. The molecule has 102 valence electrons. The lowest BCUT2D eigenvalue weighted by atomic mass is 10.1. The number of aromatic nitrogens is 2. The molecule has 0 aliphatic heterocycles. The van der Waals surface area contributed by atoms with Gasteiger partial charge in [0, 0.05) is 18.7 Å². The molecule has 2 rings (SSSR count). The van der Waals surface area contributed by atoms with Gasteiger partial charge in [0.15, 0.2) is 0 Å². The highest BCUT2D eigenvalue weighted by Crippen LogP contribution is 2.22. The number of aliphatic hydroxyl groups excluding tert-OH is 1. The number of furan rings is 1. The molecule has 0 aliphatic rings. The highest BCUT2D eigenvalue weighted by molar-refractivity contribution is 5.36. The molecule has 2 aromatic heterocycles. The van der Waals surface area contributed by atoms with E-state index in [2.05, 4.69) is 29.1 Å². The van der Waals surface area contributed by atoms with Crippen LogP contribution in [-0.4, -0.2) is 21.7 Å². The molecule has 1 unspecified atom stereocenters. The maximum absolute atomic E-state index is 9.14. The van der Waals surface area contributed by atoms with Crippen LogP contribution in [0.15, 0.2) is 35.1 Å². The second-order valence-electron chi connectivity index (χ2n) is 4.68. The van der Waals surface area contributed by atoms with Crippen molar-refractivity contribution in [3.8, 4) is 0 Å². The van der Waals surface area contributed by atoms with Crippen molar-refractivity contribution in [2.45, 2.75) is 32.2 Å². The summed E-state index contributed by atoms with van der Waals surface area (Å²) < 4.78 is 5.38. The SMILES string of the molecule is CC(C)c1nccc(NC(CCO)c2ccco2)n1. The molecule has 1 atom stereocenters. The predicted molar refractivity (Wildman–Crippen MR) is 72.9 cm³/mol. The summed E-state index contributed by atoms with van der Waals surface area (Å²) >= 11 is 0. The Balaban J connectivity index is 2.15. The molecule has 0 amide bonds. The highest BCUT2D eigenvalue weighted by atomic mass is 16.3. The Labute approximate surface area is 112 Å². The molecular formula is C14H19N3O2. The first-order valence-electron chi connectivity index (χ1n) is 6.44. The van der Waals surface area contributed by atoms with Crippen molar-refractivity contribution >= 4 is 5.82 Å². The predicted octanol–water partition coefficient (Wildman–Crippen LogP) is 2.73. The smallest absolute Gasteiger partial charge is 0.133 e. The summed E-state index contributed by atoms with van der Waals surface area (Å²) in [6.07, 6.45) is 3.93. The average molecular weight is 261 g/mol. The second-order valence-corrected chi connectivity index (χ2v) is 4.68. The number of hydrogen-bond acceptors (Lipinski definition) is 5. The lowest BCUT2D eigenvalue weighted by Crippen LogP contribution is -2.13. The molecule has 0 radical (unpaired) electrons. The van der Waals surface area contributed by atoms with Crippen molar-refractivity contribution < 1.29 is 9.52 Å². The minimum atomic E-state index is -0.0880. The largest absolute Gasteiger partial charge is 0.467 e. The fourth-order valence-corrected chi connectivity index (χ4v) is 1.82. The zero-order valence-electron chi connectivity index (χ0n) is 11.2. The monoisotopic (exact) mass is 261 g/mol. The van der Waals surface area contributed by atoms with Crippen LogP contribution in [0.5, 0.6) is 0 Å². The standard InChI is InChI=1S/C14H19N3O2/c1-10(2)14-15-7-5-13(17-14)16-11(6-8-18)12-4-3-9-19-12/h3-5,7,9-11,18H,6,8H2,1-2H3,(H,15,16,17). The fourth-order valence-electron chi connectivity index (χ4n) is 1.82. The van der Waals surface area contributed by atoms with E-state index in [-0.39, 0.29) is 18.6 Å². The molecule has 0 saturated carbocycles. The van der Waals surface area contributed by atoms with E-state index in [4.69, 9.17) is 9.52 Å². The van der Waals surface area contributed by atoms with Gasteiger partial charge < -0.3 is 14.8 Å². The number of nitrogens with zero attached hydrogens (tertiary/aromatic N) is 2. The Bertz CT molecular complexity index is 497. The molecule has 5 nitrogen and oxygen atoms in total. The lowest BCUT2D eigenvalue weighted by molar-refractivity contribution is 0.273. The van der Waals surface area contributed by atoms with Gasteiger partial charge in [0.1, 0.15) is 17.4 Å². The minimum absolute atomic E-state index is 0.0838. The van der Waals surface area contributed by atoms with Gasteiger partial charge in [0.25, 0.3) is 0 Å². The van der Waals surface area contributed by atoms with E-state index in [1.807, 2.05) is 18.2 Å². The van der Waals surface area contributed by atoms with Gasteiger partial charge in [-0.2, -0.15) is 0 Å². The Kier molecular flexibility index (Phi) is 4.52. The van der Waals surface area contributed by atoms with Crippen molar-refractivity contribution in [3.05, 3.63) is 42.2 Å². The molecule has 2 heterocycles. The zero-order chi connectivity index (χ0) is 13.7. The maximum atomic E-state index is 9.14. The number of anilines is 1. The first-order valence-corrected chi connectivity index (χ1v) is 6.44. The third-order valence-corrected chi connectivity index (χ3v) is 2.82. The van der Waals surface area contributed by atoms with E-state index in [0.29, 0.717) is 6.42 Å². The van der Waals surface area contributed by atoms with Gasteiger partial charge >= 0.3 is 0 Å². The maximum Gasteiger partial charge on any atom is 0.133 e. The molecule has 0 saturated heterocycles. The van der Waals surface area contributed by atoms with Crippen molar-refractivity contribution in [2.75, 3.05) is 11.9 Å². The summed E-state index contributed by atoms with van der Waals surface area (Å²) in [5, 5.41) is 12.4. The summed E-state index contributed by atoms with van der Waals surface area (Å²) in [7, 11) is 0. The van der Waals surface area contributed by atoms with Crippen molar-refractivity contribution in [1.29, 1.82) is 0 Å². The highest BCUT2D eigenvalue weighted by Gasteiger charge is 2.14. The van der Waals surface area contributed by atoms with E-state index >= 15 is 0 Å². The van der Waals surface area contributed by atoms with Gasteiger partial charge in [-0.1, -0.05) is 13.8 Å². The van der Waals surface area contributed by atoms with Crippen LogP contribution >= 0.6 is 0 Å². The fraction of sp³-hybridized carbons (Fsp3) is 0.429. The Hall–Kier alpha value is -1.88. The molecule has 0 aromatic carbocycles. The van der Waals surface area contributed by atoms with Crippen LogP contribution in [0.2, 0.25) is 0 Å². The summed E-state index contributed by atoms with van der Waals surface area (Å²) in [5.74, 6) is 2.61. The minimum Gasteiger partial charge on any atom is -0.467 e. The van der Waals surface area contributed by atoms with Gasteiger partial charge in [-0.3, -0.25) is 0 Å². The molecule has 19 heavy (non-hydrogen) atoms. The third-order valence-electron chi connectivity index (χ3n) is 2.82. The first kappa shape index (κ1) is 13.5. The molecule has 2 N–H and O–H groups in total. The van der Waals surface area contributed by atoms with E-state index in [1.165, 1.54) is 0 Å². The van der Waals surface area contributed by atoms with Gasteiger partial charge in [0.2, 0.25) is 0 Å². The molecule has 0 fully saturated rings. The van der Waals surface area contributed by atoms with Crippen molar-refractivity contribution in [2.24, 2.45) is 0 Å². The van der Waals surface area contributed by atoms with Crippen LogP contribution in [0.4, 0.5) is 5.82 Å². The molecule has 0 spiro atoms. The van der Waals surface area contributed by atoms with Crippen molar-refractivity contribution in [1.82, 2.24) is 9.97 Å². The van der Waals surface area contributed by atoms with Gasteiger partial charge in [-0.05, 0) is 24.6 Å². The molecular weight excluding hydrogens is 242 g/mol. The van der Waals surface area contributed by atoms with Crippen LogP contribution in [0, 0.1) is 0 Å². The van der Waals surface area contributed by atoms with E-state index in [1.54, 1.807) is 12.5 Å². The normalized spacial score (nSPS) is 12.6. The molecule has 0 bridgehead atoms. The average Bonchev–Trinajstić information content (AvgIpc) is 2.92. The topological polar surface area (TPSA) is 71.2 Å². The van der Waals surface area contributed by atoms with Crippen LogP contribution in [0.1, 0.15) is 43.8 Å². The van der Waals surface area contributed by atoms with E-state index in [0.717, 1.165) is 17.4 Å². The van der Waals surface area contributed by atoms with E-state index in [9.17, 15) is 0 Å². The second kappa shape index (κ2) is 6.33. The zero-order valence-corrected chi connectivity index (χ0v) is 11.2. The van der Waals surface area contributed by atoms with Crippen molar-refractivity contribution in [3.63, 3.8) is 0 Å². The van der Waals surface area contributed by atoms with Crippen LogP contribution in [-0.2, 0) is 0 Å². The number of aliphatic hydroxyl groups is 1. The summed E-state index contributed by atoms with van der Waals surface area (Å²) in [5.41, 5.74) is 0. The Morgan fingerprint density at radius 2 is 2.21 bits per heavy atom. The van der Waals surface area contributed by atoms with Crippen LogP contribution in [0.25, 0.3) is 0 Å². The lowest BCUT2D eigenvalue weighted by Gasteiger charge is -2.16. The van der Waals surface area contributed by atoms with Crippen LogP contribution in [0.3, 0.4) is 0 Å². The summed E-state index contributed by atoms with van der Waals surface area (Å²) in [6, 6.07) is 5.45. The number of nitrogens with one attached hydrogen (secondary N) is 1. The van der Waals surface area contributed by atoms with E-state index < -0.39 is 0 Å². The van der Waals surface area contributed by atoms with Gasteiger partial charge in [-0.15, -0.1) is 0 Å². The summed E-state index contributed by atoms with van der Waals surface area (Å²) in [4.78, 5) is 8.69. The molecule has 0 aliphatic carbocycles. The molecule has 5 heteroatoms. The quantitative estimate of drug-likeness (QED) is 0.836. The van der Waals surface area contributed by atoms with Gasteiger partial charge in [0.05, 0.1) is 12.3 Å². The summed E-state index contributed by atoms with van der Waals surface area (Å²) in [6.45, 7) is 4.19.